The van der Waals surface area contributed by atoms with Crippen LogP contribution in [-0.2, 0) is 4.74 Å². The number of anilines is 2. The van der Waals surface area contributed by atoms with Gasteiger partial charge in [-0.1, -0.05) is 11.6 Å². The first kappa shape index (κ1) is 11.4. The zero-order chi connectivity index (χ0) is 11.5. The van der Waals surface area contributed by atoms with E-state index < -0.39 is 0 Å². The number of hydrogen-bond donors (Lipinski definition) is 2. The molecule has 3 N–H and O–H groups in total. The Kier molecular flexibility index (Phi) is 3.46. The largest absolute Gasteiger partial charge is 0.382 e. The number of nitrogen functional groups attached to an aromatic ring is 1. The van der Waals surface area contributed by atoms with Crippen molar-refractivity contribution in [3.05, 3.63) is 11.3 Å². The highest BCUT2D eigenvalue weighted by atomic mass is 35.5. The van der Waals surface area contributed by atoms with Gasteiger partial charge in [-0.2, -0.15) is 0 Å². The first-order valence-electron chi connectivity index (χ1n) is 5.30. The second-order valence-corrected chi connectivity index (χ2v) is 4.31. The van der Waals surface area contributed by atoms with Gasteiger partial charge >= 0.3 is 0 Å². The first-order chi connectivity index (χ1) is 7.68. The minimum Gasteiger partial charge on any atom is -0.382 e. The van der Waals surface area contributed by atoms with E-state index in [2.05, 4.69) is 22.2 Å². The van der Waals surface area contributed by atoms with Crippen LogP contribution in [0.3, 0.4) is 0 Å². The van der Waals surface area contributed by atoms with Crippen molar-refractivity contribution in [2.75, 3.05) is 24.2 Å². The van der Waals surface area contributed by atoms with E-state index in [1.54, 1.807) is 0 Å². The van der Waals surface area contributed by atoms with Crippen LogP contribution in [0.5, 0.6) is 0 Å². The molecule has 0 amide bonds. The fraction of sp³-hybridized carbons (Fsp3) is 0.600. The molecule has 88 valence electrons. The maximum atomic E-state index is 5.97. The molecule has 1 fully saturated rings. The van der Waals surface area contributed by atoms with Crippen molar-refractivity contribution in [2.24, 2.45) is 5.92 Å². The predicted molar refractivity (Wildman–Crippen MR) is 63.5 cm³/mol. The fourth-order valence-electron chi connectivity index (χ4n) is 1.78. The summed E-state index contributed by atoms with van der Waals surface area (Å²) < 4.78 is 5.48. The lowest BCUT2D eigenvalue weighted by Gasteiger charge is -2.15. The molecule has 2 atom stereocenters. The van der Waals surface area contributed by atoms with Gasteiger partial charge in [-0.05, 0) is 13.3 Å². The molecule has 2 rings (SSSR count). The molecule has 0 saturated carbocycles. The molecule has 1 aliphatic heterocycles. The van der Waals surface area contributed by atoms with Gasteiger partial charge in [0.25, 0.3) is 0 Å². The molecule has 1 aromatic heterocycles. The third-order valence-electron chi connectivity index (χ3n) is 2.88. The predicted octanol–water partition coefficient (Wildman–Crippen LogP) is 1.55. The number of nitrogens with two attached hydrogens (primary N) is 1. The van der Waals surface area contributed by atoms with E-state index >= 15 is 0 Å². The summed E-state index contributed by atoms with van der Waals surface area (Å²) in [6, 6.07) is 0. The monoisotopic (exact) mass is 242 g/mol. The van der Waals surface area contributed by atoms with E-state index in [0.29, 0.717) is 22.6 Å². The van der Waals surface area contributed by atoms with Crippen LogP contribution in [-0.4, -0.2) is 29.2 Å². The van der Waals surface area contributed by atoms with E-state index in [9.17, 15) is 0 Å². The topological polar surface area (TPSA) is 73.1 Å². The SMILES string of the molecule is CC1OCCC1CNc1ncnc(N)c1Cl. The van der Waals surface area contributed by atoms with Gasteiger partial charge in [-0.25, -0.2) is 9.97 Å². The molecule has 6 heteroatoms. The Balaban J connectivity index is 1.96. The molecule has 2 unspecified atom stereocenters. The minimum absolute atomic E-state index is 0.283. The molecule has 2 heterocycles. The maximum absolute atomic E-state index is 5.97. The van der Waals surface area contributed by atoms with Gasteiger partial charge in [0.1, 0.15) is 23.0 Å². The van der Waals surface area contributed by atoms with Crippen molar-refractivity contribution in [2.45, 2.75) is 19.4 Å². The van der Waals surface area contributed by atoms with Crippen LogP contribution in [0.2, 0.25) is 5.02 Å². The summed E-state index contributed by atoms with van der Waals surface area (Å²) in [5, 5.41) is 3.57. The number of hydrogen-bond acceptors (Lipinski definition) is 5. The number of ether oxygens (including phenoxy) is 1. The Bertz CT molecular complexity index is 374. The van der Waals surface area contributed by atoms with Gasteiger partial charge in [0, 0.05) is 19.1 Å². The average molecular weight is 243 g/mol. The third kappa shape index (κ3) is 2.36. The third-order valence-corrected chi connectivity index (χ3v) is 3.25. The molecule has 5 nitrogen and oxygen atoms in total. The number of rotatable bonds is 3. The summed E-state index contributed by atoms with van der Waals surface area (Å²) in [7, 11) is 0. The molecule has 16 heavy (non-hydrogen) atoms. The van der Waals surface area contributed by atoms with E-state index in [1.165, 1.54) is 6.33 Å². The first-order valence-corrected chi connectivity index (χ1v) is 5.67. The lowest BCUT2D eigenvalue weighted by molar-refractivity contribution is 0.108. The molecule has 0 spiro atoms. The zero-order valence-corrected chi connectivity index (χ0v) is 9.87. The van der Waals surface area contributed by atoms with Crippen LogP contribution < -0.4 is 11.1 Å². The summed E-state index contributed by atoms with van der Waals surface area (Å²) in [5.74, 6) is 1.38. The van der Waals surface area contributed by atoms with E-state index in [1.807, 2.05) is 0 Å². The van der Waals surface area contributed by atoms with Crippen LogP contribution in [0.1, 0.15) is 13.3 Å². The van der Waals surface area contributed by atoms with E-state index in [0.717, 1.165) is 19.6 Å². The van der Waals surface area contributed by atoms with Crippen molar-refractivity contribution in [1.29, 1.82) is 0 Å². The highest BCUT2D eigenvalue weighted by Gasteiger charge is 2.24. The molecule has 1 saturated heterocycles. The van der Waals surface area contributed by atoms with Gasteiger partial charge in [0.05, 0.1) is 6.10 Å². The number of aromatic nitrogens is 2. The summed E-state index contributed by atoms with van der Waals surface area (Å²) in [6.07, 6.45) is 2.75. The minimum atomic E-state index is 0.283. The highest BCUT2D eigenvalue weighted by Crippen LogP contribution is 2.25. The Labute approximate surface area is 99.4 Å². The number of nitrogens with one attached hydrogen (secondary N) is 1. The smallest absolute Gasteiger partial charge is 0.150 e. The molecular formula is C10H15ClN4O. The second-order valence-electron chi connectivity index (χ2n) is 3.93. The lowest BCUT2D eigenvalue weighted by atomic mass is 10.0. The number of nitrogens with zero attached hydrogens (tertiary/aromatic N) is 2. The molecule has 0 radical (unpaired) electrons. The van der Waals surface area contributed by atoms with Crippen molar-refractivity contribution in [3.8, 4) is 0 Å². The average Bonchev–Trinajstić information content (AvgIpc) is 2.67. The Morgan fingerprint density at radius 2 is 2.44 bits per heavy atom. The van der Waals surface area contributed by atoms with Crippen molar-refractivity contribution in [3.63, 3.8) is 0 Å². The molecule has 1 aromatic rings. The summed E-state index contributed by atoms with van der Waals surface area (Å²) in [5.41, 5.74) is 5.58. The van der Waals surface area contributed by atoms with Gasteiger partial charge in [-0.3, -0.25) is 0 Å². The van der Waals surface area contributed by atoms with Crippen LogP contribution in [0.4, 0.5) is 11.6 Å². The quantitative estimate of drug-likeness (QED) is 0.841. The van der Waals surface area contributed by atoms with Crippen molar-refractivity contribution in [1.82, 2.24) is 9.97 Å². The lowest BCUT2D eigenvalue weighted by Crippen LogP contribution is -2.21. The molecule has 0 aliphatic carbocycles. The molecule has 0 bridgehead atoms. The van der Waals surface area contributed by atoms with Gasteiger partial charge in [-0.15, -0.1) is 0 Å². The van der Waals surface area contributed by atoms with Gasteiger partial charge < -0.3 is 15.8 Å². The molecule has 1 aliphatic rings. The zero-order valence-electron chi connectivity index (χ0n) is 9.11. The van der Waals surface area contributed by atoms with Crippen LogP contribution in [0.25, 0.3) is 0 Å². The Morgan fingerprint density at radius 1 is 1.62 bits per heavy atom. The summed E-state index contributed by atoms with van der Waals surface area (Å²) in [4.78, 5) is 7.85. The highest BCUT2D eigenvalue weighted by molar-refractivity contribution is 6.35. The normalized spacial score (nSPS) is 24.6. The van der Waals surface area contributed by atoms with Crippen LogP contribution in [0, 0.1) is 5.92 Å². The van der Waals surface area contributed by atoms with Gasteiger partial charge in [0.15, 0.2) is 0 Å². The van der Waals surface area contributed by atoms with Crippen LogP contribution in [0.15, 0.2) is 6.33 Å². The fourth-order valence-corrected chi connectivity index (χ4v) is 1.94. The molecular weight excluding hydrogens is 228 g/mol. The van der Waals surface area contributed by atoms with E-state index in [4.69, 9.17) is 22.1 Å². The van der Waals surface area contributed by atoms with Crippen molar-refractivity contribution < 1.29 is 4.74 Å². The number of halogens is 1. The van der Waals surface area contributed by atoms with E-state index in [-0.39, 0.29) is 6.10 Å². The standard InChI is InChI=1S/C10H15ClN4O/c1-6-7(2-3-16-6)4-13-10-8(11)9(12)14-5-15-10/h5-7H,2-4H2,1H3,(H3,12,13,14,15). The molecule has 0 aromatic carbocycles. The maximum Gasteiger partial charge on any atom is 0.150 e. The summed E-state index contributed by atoms with van der Waals surface area (Å²) in [6.45, 7) is 3.69. The summed E-state index contributed by atoms with van der Waals surface area (Å²) >= 11 is 5.97. The van der Waals surface area contributed by atoms with Gasteiger partial charge in [0.2, 0.25) is 0 Å². The van der Waals surface area contributed by atoms with Crippen molar-refractivity contribution >= 4 is 23.2 Å². The Hall–Kier alpha value is -1.07. The second kappa shape index (κ2) is 4.84. The van der Waals surface area contributed by atoms with Crippen LogP contribution >= 0.6 is 11.6 Å². The Morgan fingerprint density at radius 3 is 3.12 bits per heavy atom.